The molecular weight excluding hydrogens is 146 g/mol. The average Bonchev–Trinajstić information content (AvgIpc) is 2.41. The molecule has 10 heavy (non-hydrogen) atoms. The number of rotatable bonds is 4. The van der Waals surface area contributed by atoms with Crippen LogP contribution in [0.1, 0.15) is 0 Å². The van der Waals surface area contributed by atoms with Gasteiger partial charge in [-0.1, -0.05) is 0 Å². The van der Waals surface area contributed by atoms with Crippen LogP contribution in [-0.4, -0.2) is 25.1 Å². The lowest BCUT2D eigenvalue weighted by atomic mass is 10.6. The molecule has 2 N–H and O–H groups in total. The van der Waals surface area contributed by atoms with Gasteiger partial charge in [0, 0.05) is 24.7 Å². The van der Waals surface area contributed by atoms with Crippen LogP contribution < -0.4 is 10.6 Å². The molecule has 1 aromatic rings. The van der Waals surface area contributed by atoms with Gasteiger partial charge in [-0.15, -0.1) is 11.3 Å². The van der Waals surface area contributed by atoms with Gasteiger partial charge in [0.25, 0.3) is 0 Å². The van der Waals surface area contributed by atoms with Crippen LogP contribution in [0.5, 0.6) is 0 Å². The fourth-order valence-electron chi connectivity index (χ4n) is 0.605. The number of nitrogens with zero attached hydrogens (tertiary/aromatic N) is 1. The van der Waals surface area contributed by atoms with Gasteiger partial charge in [0.1, 0.15) is 0 Å². The van der Waals surface area contributed by atoms with Crippen molar-refractivity contribution in [2.24, 2.45) is 0 Å². The van der Waals surface area contributed by atoms with E-state index in [1.54, 1.807) is 17.5 Å². The van der Waals surface area contributed by atoms with Crippen LogP contribution >= 0.6 is 11.3 Å². The predicted octanol–water partition coefficient (Wildman–Crippen LogP) is 0.774. The van der Waals surface area contributed by atoms with Crippen molar-refractivity contribution in [3.8, 4) is 0 Å². The molecule has 0 atom stereocenters. The number of nitrogens with one attached hydrogen (secondary N) is 2. The van der Waals surface area contributed by atoms with E-state index < -0.39 is 0 Å². The molecule has 0 amide bonds. The van der Waals surface area contributed by atoms with Crippen LogP contribution in [0, 0.1) is 0 Å². The molecule has 0 saturated heterocycles. The summed E-state index contributed by atoms with van der Waals surface area (Å²) in [7, 11) is 1.93. The molecule has 0 radical (unpaired) electrons. The minimum absolute atomic E-state index is 0.935. The summed E-state index contributed by atoms with van der Waals surface area (Å²) >= 11 is 1.62. The van der Waals surface area contributed by atoms with Gasteiger partial charge in [0.15, 0.2) is 5.13 Å². The van der Waals surface area contributed by atoms with E-state index in [2.05, 4.69) is 15.6 Å². The third kappa shape index (κ3) is 2.33. The second-order valence-corrected chi connectivity index (χ2v) is 2.76. The summed E-state index contributed by atoms with van der Waals surface area (Å²) in [4.78, 5) is 4.07. The molecule has 0 spiro atoms. The smallest absolute Gasteiger partial charge is 0.182 e. The Labute approximate surface area is 64.5 Å². The highest BCUT2D eigenvalue weighted by Gasteiger charge is 1.89. The quantitative estimate of drug-likeness (QED) is 0.634. The zero-order valence-electron chi connectivity index (χ0n) is 5.92. The van der Waals surface area contributed by atoms with Crippen molar-refractivity contribution in [2.75, 3.05) is 25.5 Å². The number of thiazole rings is 1. The Morgan fingerprint density at radius 2 is 2.50 bits per heavy atom. The van der Waals surface area contributed by atoms with Crippen molar-refractivity contribution in [1.82, 2.24) is 10.3 Å². The molecule has 1 aromatic heterocycles. The SMILES string of the molecule is CNCCNc1nccs1. The van der Waals surface area contributed by atoms with Gasteiger partial charge in [-0.2, -0.15) is 0 Å². The van der Waals surface area contributed by atoms with Crippen LogP contribution in [0.15, 0.2) is 11.6 Å². The number of likely N-dealkylation sites (N-methyl/N-ethyl adjacent to an activating group) is 1. The van der Waals surface area contributed by atoms with E-state index in [0.717, 1.165) is 18.2 Å². The maximum Gasteiger partial charge on any atom is 0.182 e. The summed E-state index contributed by atoms with van der Waals surface area (Å²) in [6.07, 6.45) is 1.80. The highest BCUT2D eigenvalue weighted by molar-refractivity contribution is 7.13. The summed E-state index contributed by atoms with van der Waals surface area (Å²) in [6.45, 7) is 1.91. The number of hydrogen-bond acceptors (Lipinski definition) is 4. The van der Waals surface area contributed by atoms with Crippen LogP contribution in [0.3, 0.4) is 0 Å². The minimum atomic E-state index is 0.935. The van der Waals surface area contributed by atoms with E-state index >= 15 is 0 Å². The monoisotopic (exact) mass is 157 g/mol. The molecule has 0 bridgehead atoms. The Balaban J connectivity index is 2.15. The first-order chi connectivity index (χ1) is 4.93. The molecule has 0 aliphatic heterocycles. The molecule has 0 aromatic carbocycles. The average molecular weight is 157 g/mol. The van der Waals surface area contributed by atoms with Gasteiger partial charge in [0.05, 0.1) is 0 Å². The standard InChI is InChI=1S/C6H11N3S/c1-7-2-3-8-6-9-4-5-10-6/h4-5,7H,2-3H2,1H3,(H,8,9). The summed E-state index contributed by atoms with van der Waals surface area (Å²) in [5.74, 6) is 0. The third-order valence-corrected chi connectivity index (χ3v) is 1.81. The highest BCUT2D eigenvalue weighted by Crippen LogP contribution is 2.08. The van der Waals surface area contributed by atoms with Crippen LogP contribution in [-0.2, 0) is 0 Å². The van der Waals surface area contributed by atoms with Gasteiger partial charge < -0.3 is 10.6 Å². The topological polar surface area (TPSA) is 37.0 Å². The number of hydrogen-bond donors (Lipinski definition) is 2. The largest absolute Gasteiger partial charge is 0.360 e. The van der Waals surface area contributed by atoms with Crippen LogP contribution in [0.25, 0.3) is 0 Å². The molecule has 3 nitrogen and oxygen atoms in total. The summed E-state index contributed by atoms with van der Waals surface area (Å²) in [5, 5.41) is 9.17. The Bertz CT molecular complexity index is 162. The van der Waals surface area contributed by atoms with E-state index in [0.29, 0.717) is 0 Å². The molecule has 56 valence electrons. The molecule has 1 rings (SSSR count). The summed E-state index contributed by atoms with van der Waals surface area (Å²) in [6, 6.07) is 0. The number of anilines is 1. The van der Waals surface area contributed by atoms with Gasteiger partial charge in [-0.3, -0.25) is 0 Å². The zero-order valence-corrected chi connectivity index (χ0v) is 6.74. The van der Waals surface area contributed by atoms with Gasteiger partial charge in [-0.25, -0.2) is 4.98 Å². The molecular formula is C6H11N3S. The Morgan fingerprint density at radius 1 is 1.60 bits per heavy atom. The third-order valence-electron chi connectivity index (χ3n) is 1.08. The molecule has 0 fully saturated rings. The van der Waals surface area contributed by atoms with Crippen molar-refractivity contribution in [3.63, 3.8) is 0 Å². The lowest BCUT2D eigenvalue weighted by Crippen LogP contribution is -2.17. The van der Waals surface area contributed by atoms with Gasteiger partial charge in [-0.05, 0) is 7.05 Å². The lowest BCUT2D eigenvalue weighted by molar-refractivity contribution is 0.823. The molecule has 0 aliphatic carbocycles. The van der Waals surface area contributed by atoms with Gasteiger partial charge in [0.2, 0.25) is 0 Å². The normalized spacial score (nSPS) is 9.70. The first-order valence-electron chi connectivity index (χ1n) is 3.21. The molecule has 4 heteroatoms. The van der Waals surface area contributed by atoms with Crippen molar-refractivity contribution >= 4 is 16.5 Å². The zero-order chi connectivity index (χ0) is 7.23. The molecule has 0 aliphatic rings. The highest BCUT2D eigenvalue weighted by atomic mass is 32.1. The van der Waals surface area contributed by atoms with Crippen LogP contribution in [0.2, 0.25) is 0 Å². The fraction of sp³-hybridized carbons (Fsp3) is 0.500. The second kappa shape index (κ2) is 4.24. The van der Waals surface area contributed by atoms with E-state index in [9.17, 15) is 0 Å². The predicted molar refractivity (Wildman–Crippen MR) is 44.5 cm³/mol. The van der Waals surface area contributed by atoms with Crippen molar-refractivity contribution < 1.29 is 0 Å². The maximum absolute atomic E-state index is 4.07. The van der Waals surface area contributed by atoms with E-state index in [1.165, 1.54) is 0 Å². The van der Waals surface area contributed by atoms with E-state index in [4.69, 9.17) is 0 Å². The van der Waals surface area contributed by atoms with E-state index in [-0.39, 0.29) is 0 Å². The van der Waals surface area contributed by atoms with Crippen molar-refractivity contribution in [3.05, 3.63) is 11.6 Å². The Kier molecular flexibility index (Phi) is 3.18. The lowest BCUT2D eigenvalue weighted by Gasteiger charge is -1.99. The first kappa shape index (κ1) is 7.50. The fourth-order valence-corrected chi connectivity index (χ4v) is 1.16. The Morgan fingerprint density at radius 3 is 3.10 bits per heavy atom. The maximum atomic E-state index is 4.07. The van der Waals surface area contributed by atoms with Gasteiger partial charge >= 0.3 is 0 Å². The van der Waals surface area contributed by atoms with E-state index in [1.807, 2.05) is 12.4 Å². The van der Waals surface area contributed by atoms with Crippen molar-refractivity contribution in [2.45, 2.75) is 0 Å². The summed E-state index contributed by atoms with van der Waals surface area (Å²) in [5.41, 5.74) is 0. The number of aromatic nitrogens is 1. The van der Waals surface area contributed by atoms with Crippen molar-refractivity contribution in [1.29, 1.82) is 0 Å². The molecule has 1 heterocycles. The summed E-state index contributed by atoms with van der Waals surface area (Å²) < 4.78 is 0. The second-order valence-electron chi connectivity index (χ2n) is 1.87. The minimum Gasteiger partial charge on any atom is -0.360 e. The molecule has 0 saturated carbocycles. The van der Waals surface area contributed by atoms with Crippen LogP contribution in [0.4, 0.5) is 5.13 Å². The molecule has 0 unspecified atom stereocenters. The Hall–Kier alpha value is -0.610. The first-order valence-corrected chi connectivity index (χ1v) is 4.09.